The number of hydrogen-bond acceptors (Lipinski definition) is 4. The first kappa shape index (κ1) is 26.3. The smallest absolute Gasteiger partial charge is 0.251 e. The van der Waals surface area contributed by atoms with E-state index >= 15 is 0 Å². The zero-order valence-electron chi connectivity index (χ0n) is 19.9. The number of aryl methyl sites for hydroxylation is 1. The summed E-state index contributed by atoms with van der Waals surface area (Å²) in [4.78, 5) is 24.9. The van der Waals surface area contributed by atoms with Crippen LogP contribution in [0.3, 0.4) is 0 Å². The number of Topliss-reactive ketones (excluding diaryl/α,β-unsaturated/α-hetero) is 1. The summed E-state index contributed by atoms with van der Waals surface area (Å²) in [6.45, 7) is 14.8. The molecule has 0 atom stereocenters. The quantitative estimate of drug-likeness (QED) is 0.541. The van der Waals surface area contributed by atoms with Gasteiger partial charge >= 0.3 is 0 Å². The Bertz CT molecular complexity index is 877. The number of nitrogens with one attached hydrogen (secondary N) is 1. The van der Waals surface area contributed by atoms with Gasteiger partial charge in [-0.05, 0) is 96.6 Å². The van der Waals surface area contributed by atoms with Crippen molar-refractivity contribution in [2.45, 2.75) is 98.3 Å². The summed E-state index contributed by atoms with van der Waals surface area (Å²) in [7, 11) is -3.10. The van der Waals surface area contributed by atoms with Gasteiger partial charge in [-0.2, -0.15) is 0 Å². The van der Waals surface area contributed by atoms with Crippen molar-refractivity contribution in [3.05, 3.63) is 33.9 Å². The first-order valence-corrected chi connectivity index (χ1v) is 12.5. The van der Waals surface area contributed by atoms with E-state index in [0.29, 0.717) is 31.2 Å². The monoisotopic (exact) mass is 437 g/mol. The number of rotatable bonds is 10. The number of hydrogen-bond donors (Lipinski definition) is 1. The van der Waals surface area contributed by atoms with Crippen LogP contribution in [0.15, 0.2) is 6.07 Å². The number of sulfone groups is 1. The molecule has 0 aliphatic carbocycles. The highest BCUT2D eigenvalue weighted by atomic mass is 32.2. The fourth-order valence-corrected chi connectivity index (χ4v) is 4.56. The lowest BCUT2D eigenvalue weighted by Crippen LogP contribution is -2.31. The molecule has 0 unspecified atom stereocenters. The SMILES string of the molecule is Cc1cc(C(=O)NC(C)C)c(C)c(C)c1CC(=O)CCCCCS(=O)(=O)C(C)(C)C. The molecule has 1 aromatic rings. The van der Waals surface area contributed by atoms with E-state index in [9.17, 15) is 18.0 Å². The topological polar surface area (TPSA) is 80.3 Å². The molecule has 0 aliphatic rings. The van der Waals surface area contributed by atoms with Gasteiger partial charge < -0.3 is 5.32 Å². The Hall–Kier alpha value is -1.69. The van der Waals surface area contributed by atoms with Crippen LogP contribution in [0.2, 0.25) is 0 Å². The molecule has 0 aromatic heterocycles. The van der Waals surface area contributed by atoms with Crippen LogP contribution in [0.4, 0.5) is 0 Å². The largest absolute Gasteiger partial charge is 0.350 e. The molecule has 0 spiro atoms. The minimum atomic E-state index is -3.10. The van der Waals surface area contributed by atoms with E-state index in [4.69, 9.17) is 0 Å². The number of carbonyl (C=O) groups is 2. The normalized spacial score (nSPS) is 12.3. The van der Waals surface area contributed by atoms with Crippen molar-refractivity contribution >= 4 is 21.5 Å². The van der Waals surface area contributed by atoms with Crippen LogP contribution in [0.25, 0.3) is 0 Å². The van der Waals surface area contributed by atoms with E-state index in [-0.39, 0.29) is 23.5 Å². The summed E-state index contributed by atoms with van der Waals surface area (Å²) in [6, 6.07) is 1.94. The van der Waals surface area contributed by atoms with Gasteiger partial charge in [0.2, 0.25) is 0 Å². The number of carbonyl (C=O) groups excluding carboxylic acids is 2. The molecule has 0 bridgehead atoms. The van der Waals surface area contributed by atoms with E-state index in [1.54, 1.807) is 20.8 Å². The summed E-state index contributed by atoms with van der Waals surface area (Å²) in [5.74, 6) is 0.234. The van der Waals surface area contributed by atoms with E-state index in [2.05, 4.69) is 5.32 Å². The number of ketones is 1. The van der Waals surface area contributed by atoms with Gasteiger partial charge in [-0.25, -0.2) is 8.42 Å². The second-order valence-electron chi connectivity index (χ2n) is 9.56. The third-order valence-corrected chi connectivity index (χ3v) is 8.29. The molecule has 1 aromatic carbocycles. The zero-order valence-corrected chi connectivity index (χ0v) is 20.8. The predicted octanol–water partition coefficient (Wildman–Crippen LogP) is 4.64. The second-order valence-corrected chi connectivity index (χ2v) is 12.4. The van der Waals surface area contributed by atoms with Crippen molar-refractivity contribution in [2.75, 3.05) is 5.75 Å². The summed E-state index contributed by atoms with van der Waals surface area (Å²) in [5.41, 5.74) is 4.52. The Kier molecular flexibility index (Phi) is 9.27. The summed E-state index contributed by atoms with van der Waals surface area (Å²) < 4.78 is 23.5. The molecule has 1 amide bonds. The number of unbranched alkanes of at least 4 members (excludes halogenated alkanes) is 2. The van der Waals surface area contributed by atoms with Crippen molar-refractivity contribution in [2.24, 2.45) is 0 Å². The summed E-state index contributed by atoms with van der Waals surface area (Å²) in [6.07, 6.45) is 2.81. The highest BCUT2D eigenvalue weighted by Gasteiger charge is 2.28. The Balaban J connectivity index is 2.68. The lowest BCUT2D eigenvalue weighted by Gasteiger charge is -2.19. The molecule has 5 nitrogen and oxygen atoms in total. The first-order chi connectivity index (χ1) is 13.7. The van der Waals surface area contributed by atoms with Crippen molar-refractivity contribution in [1.82, 2.24) is 5.32 Å². The van der Waals surface area contributed by atoms with Gasteiger partial charge in [-0.15, -0.1) is 0 Å². The van der Waals surface area contributed by atoms with Gasteiger partial charge in [0.1, 0.15) is 5.78 Å². The minimum Gasteiger partial charge on any atom is -0.350 e. The van der Waals surface area contributed by atoms with E-state index in [1.807, 2.05) is 40.7 Å². The maximum atomic E-state index is 12.5. The maximum Gasteiger partial charge on any atom is 0.251 e. The van der Waals surface area contributed by atoms with Crippen molar-refractivity contribution in [3.63, 3.8) is 0 Å². The van der Waals surface area contributed by atoms with Crippen LogP contribution in [0, 0.1) is 20.8 Å². The molecule has 170 valence electrons. The summed E-state index contributed by atoms with van der Waals surface area (Å²) >= 11 is 0. The predicted molar refractivity (Wildman–Crippen MR) is 124 cm³/mol. The fraction of sp³-hybridized carbons (Fsp3) is 0.667. The molecule has 1 rings (SSSR count). The average molecular weight is 438 g/mol. The highest BCUT2D eigenvalue weighted by Crippen LogP contribution is 2.24. The standard InChI is InChI=1S/C24H39NO4S/c1-16(2)25-23(27)22-14-17(3)21(18(4)19(22)5)15-20(26)12-10-9-11-13-30(28,29)24(6,7)8/h14,16H,9-13,15H2,1-8H3,(H,25,27). The molecule has 0 saturated heterocycles. The van der Waals surface area contributed by atoms with E-state index < -0.39 is 14.6 Å². The van der Waals surface area contributed by atoms with E-state index in [0.717, 1.165) is 28.7 Å². The molecule has 0 heterocycles. The van der Waals surface area contributed by atoms with Gasteiger partial charge in [0.05, 0.1) is 10.5 Å². The van der Waals surface area contributed by atoms with Crippen LogP contribution in [0.1, 0.15) is 92.9 Å². The highest BCUT2D eigenvalue weighted by molar-refractivity contribution is 7.92. The molecule has 0 aliphatic heterocycles. The first-order valence-electron chi connectivity index (χ1n) is 10.8. The van der Waals surface area contributed by atoms with Crippen LogP contribution < -0.4 is 5.32 Å². The second kappa shape index (κ2) is 10.6. The number of amides is 1. The molecule has 0 saturated carbocycles. The van der Waals surface area contributed by atoms with Gasteiger partial charge in [-0.3, -0.25) is 9.59 Å². The van der Waals surface area contributed by atoms with Gasteiger partial charge in [0.15, 0.2) is 9.84 Å². The van der Waals surface area contributed by atoms with Crippen LogP contribution in [-0.2, 0) is 21.1 Å². The molecule has 6 heteroatoms. The third-order valence-electron chi connectivity index (χ3n) is 5.60. The van der Waals surface area contributed by atoms with Gasteiger partial charge in [0.25, 0.3) is 5.91 Å². The molecule has 0 radical (unpaired) electrons. The molecular weight excluding hydrogens is 398 g/mol. The lowest BCUT2D eigenvalue weighted by atomic mass is 9.90. The van der Waals surface area contributed by atoms with Crippen molar-refractivity contribution < 1.29 is 18.0 Å². The zero-order chi connectivity index (χ0) is 23.3. The van der Waals surface area contributed by atoms with E-state index in [1.165, 1.54) is 0 Å². The van der Waals surface area contributed by atoms with Gasteiger partial charge in [-0.1, -0.05) is 6.42 Å². The average Bonchev–Trinajstić information content (AvgIpc) is 2.59. The van der Waals surface area contributed by atoms with Crippen LogP contribution in [-0.4, -0.2) is 36.6 Å². The molecular formula is C24H39NO4S. The number of benzene rings is 1. The minimum absolute atomic E-state index is 0.0668. The Morgan fingerprint density at radius 2 is 1.60 bits per heavy atom. The Labute approximate surface area is 182 Å². The van der Waals surface area contributed by atoms with Crippen molar-refractivity contribution in [1.29, 1.82) is 0 Å². The maximum absolute atomic E-state index is 12.5. The Morgan fingerprint density at radius 3 is 2.13 bits per heavy atom. The van der Waals surface area contributed by atoms with Crippen LogP contribution in [0.5, 0.6) is 0 Å². The van der Waals surface area contributed by atoms with Crippen LogP contribution >= 0.6 is 0 Å². The lowest BCUT2D eigenvalue weighted by molar-refractivity contribution is -0.118. The van der Waals surface area contributed by atoms with Gasteiger partial charge in [0, 0.05) is 24.4 Å². The fourth-order valence-electron chi connectivity index (χ4n) is 3.37. The molecule has 30 heavy (non-hydrogen) atoms. The Morgan fingerprint density at radius 1 is 1.00 bits per heavy atom. The molecule has 0 fully saturated rings. The summed E-state index contributed by atoms with van der Waals surface area (Å²) in [5, 5.41) is 2.93. The third kappa shape index (κ3) is 7.22. The van der Waals surface area contributed by atoms with Crippen molar-refractivity contribution in [3.8, 4) is 0 Å². The molecule has 1 N–H and O–H groups in total.